The first-order valence-electron chi connectivity index (χ1n) is 4.78. The lowest BCUT2D eigenvalue weighted by Gasteiger charge is -2.03. The fourth-order valence-electron chi connectivity index (χ4n) is 1.68. The summed E-state index contributed by atoms with van der Waals surface area (Å²) >= 11 is 0. The lowest BCUT2D eigenvalue weighted by molar-refractivity contribution is -0.671. The topological polar surface area (TPSA) is 3.88 Å². The van der Waals surface area contributed by atoms with E-state index < -0.39 is 0 Å². The van der Waals surface area contributed by atoms with Crippen molar-refractivity contribution >= 4 is 0 Å². The van der Waals surface area contributed by atoms with Crippen LogP contribution in [-0.4, -0.2) is 0 Å². The van der Waals surface area contributed by atoms with Crippen molar-refractivity contribution in [2.75, 3.05) is 0 Å². The number of aromatic nitrogens is 1. The molecule has 1 heteroatoms. The van der Waals surface area contributed by atoms with Crippen molar-refractivity contribution in [1.29, 1.82) is 0 Å². The van der Waals surface area contributed by atoms with E-state index in [4.69, 9.17) is 0 Å². The first kappa shape index (κ1) is 8.95. The van der Waals surface area contributed by atoms with E-state index in [1.165, 1.54) is 16.7 Å². The molecule has 0 atom stereocenters. The Kier molecular flexibility index (Phi) is 2.32. The van der Waals surface area contributed by atoms with Crippen molar-refractivity contribution in [1.82, 2.24) is 0 Å². The van der Waals surface area contributed by atoms with Gasteiger partial charge >= 0.3 is 0 Å². The predicted octanol–water partition coefficient (Wildman–Crippen LogP) is 2.49. The van der Waals surface area contributed by atoms with Crippen LogP contribution in [0.25, 0.3) is 11.1 Å². The first-order chi connectivity index (χ1) is 6.77. The minimum absolute atomic E-state index is 1.28. The van der Waals surface area contributed by atoms with E-state index >= 15 is 0 Å². The highest BCUT2D eigenvalue weighted by Crippen LogP contribution is 2.20. The molecule has 0 spiro atoms. The van der Waals surface area contributed by atoms with Gasteiger partial charge in [0, 0.05) is 11.6 Å². The quantitative estimate of drug-likeness (QED) is 0.599. The molecule has 0 aliphatic carbocycles. The first-order valence-corrected chi connectivity index (χ1v) is 4.78. The van der Waals surface area contributed by atoms with E-state index in [9.17, 15) is 0 Å². The Labute approximate surface area is 84.6 Å². The smallest absolute Gasteiger partial charge is 0.172 e. The third-order valence-corrected chi connectivity index (χ3v) is 2.38. The third kappa shape index (κ3) is 1.67. The maximum absolute atomic E-state index is 2.16. The van der Waals surface area contributed by atoms with Gasteiger partial charge in [-0.05, 0) is 18.1 Å². The van der Waals surface area contributed by atoms with Crippen molar-refractivity contribution in [2.24, 2.45) is 7.05 Å². The Morgan fingerprint density at radius 1 is 1.00 bits per heavy atom. The molecule has 1 aromatic heterocycles. The largest absolute Gasteiger partial charge is 0.207 e. The molecule has 0 amide bonds. The average Bonchev–Trinajstić information content (AvgIpc) is 2.19. The summed E-state index contributed by atoms with van der Waals surface area (Å²) in [6.45, 7) is 2.14. The van der Waals surface area contributed by atoms with E-state index in [0.29, 0.717) is 0 Å². The predicted molar refractivity (Wildman–Crippen MR) is 57.8 cm³/mol. The van der Waals surface area contributed by atoms with Crippen molar-refractivity contribution in [3.8, 4) is 11.1 Å². The monoisotopic (exact) mass is 184 g/mol. The molecule has 1 nitrogen and oxygen atoms in total. The van der Waals surface area contributed by atoms with Crippen LogP contribution in [0.1, 0.15) is 5.56 Å². The zero-order valence-electron chi connectivity index (χ0n) is 8.57. The number of aryl methyl sites for hydroxylation is 2. The number of pyridine rings is 1. The molecule has 1 aromatic carbocycles. The maximum Gasteiger partial charge on any atom is 0.172 e. The molecule has 1 heterocycles. The van der Waals surface area contributed by atoms with Crippen molar-refractivity contribution in [2.45, 2.75) is 6.92 Å². The van der Waals surface area contributed by atoms with Gasteiger partial charge in [0.15, 0.2) is 12.4 Å². The van der Waals surface area contributed by atoms with Crippen LogP contribution >= 0.6 is 0 Å². The van der Waals surface area contributed by atoms with Crippen LogP contribution < -0.4 is 4.57 Å². The van der Waals surface area contributed by atoms with Gasteiger partial charge in [0.25, 0.3) is 0 Å². The molecule has 0 unspecified atom stereocenters. The summed E-state index contributed by atoms with van der Waals surface area (Å²) in [5.74, 6) is 0. The van der Waals surface area contributed by atoms with Crippen LogP contribution in [0.4, 0.5) is 0 Å². The van der Waals surface area contributed by atoms with Gasteiger partial charge in [-0.1, -0.05) is 30.3 Å². The molecule has 0 fully saturated rings. The summed E-state index contributed by atoms with van der Waals surface area (Å²) in [6, 6.07) is 12.6. The lowest BCUT2D eigenvalue weighted by atomic mass is 10.0. The summed E-state index contributed by atoms with van der Waals surface area (Å²) in [6.07, 6.45) is 4.22. The second-order valence-corrected chi connectivity index (χ2v) is 3.57. The molecule has 2 aromatic rings. The second-order valence-electron chi connectivity index (χ2n) is 3.57. The minimum atomic E-state index is 1.28. The number of benzene rings is 1. The van der Waals surface area contributed by atoms with E-state index in [1.807, 2.05) is 13.1 Å². The number of rotatable bonds is 1. The fraction of sp³-hybridized carbons (Fsp3) is 0.154. The van der Waals surface area contributed by atoms with Crippen LogP contribution in [-0.2, 0) is 7.05 Å². The average molecular weight is 184 g/mol. The molecule has 0 aliphatic rings. The molecule has 0 radical (unpaired) electrons. The van der Waals surface area contributed by atoms with Gasteiger partial charge in [-0.2, -0.15) is 0 Å². The van der Waals surface area contributed by atoms with Gasteiger partial charge in [0.05, 0.1) is 0 Å². The van der Waals surface area contributed by atoms with Gasteiger partial charge in [-0.25, -0.2) is 4.57 Å². The van der Waals surface area contributed by atoms with Crippen molar-refractivity contribution in [3.63, 3.8) is 0 Å². The molecule has 2 rings (SSSR count). The Bertz CT molecular complexity index is 432. The minimum Gasteiger partial charge on any atom is -0.207 e. The Morgan fingerprint density at radius 3 is 2.36 bits per heavy atom. The summed E-state index contributed by atoms with van der Waals surface area (Å²) in [5, 5.41) is 0. The number of hydrogen-bond acceptors (Lipinski definition) is 0. The van der Waals surface area contributed by atoms with Crippen LogP contribution in [0.15, 0.2) is 48.8 Å². The highest BCUT2D eigenvalue weighted by molar-refractivity contribution is 5.65. The van der Waals surface area contributed by atoms with Crippen LogP contribution in [0.5, 0.6) is 0 Å². The van der Waals surface area contributed by atoms with E-state index in [1.54, 1.807) is 0 Å². The van der Waals surface area contributed by atoms with Gasteiger partial charge in [-0.3, -0.25) is 0 Å². The zero-order chi connectivity index (χ0) is 9.97. The summed E-state index contributed by atoms with van der Waals surface area (Å²) in [5.41, 5.74) is 3.90. The van der Waals surface area contributed by atoms with Gasteiger partial charge in [0.2, 0.25) is 0 Å². The SMILES string of the molecule is Cc1c[n+](C)ccc1-c1ccccc1. The van der Waals surface area contributed by atoms with Crippen LogP contribution in [0.2, 0.25) is 0 Å². The van der Waals surface area contributed by atoms with Crippen LogP contribution in [0, 0.1) is 6.92 Å². The zero-order valence-corrected chi connectivity index (χ0v) is 8.57. The number of nitrogens with zero attached hydrogens (tertiary/aromatic N) is 1. The summed E-state index contributed by atoms with van der Waals surface area (Å²) < 4.78 is 2.07. The van der Waals surface area contributed by atoms with E-state index in [-0.39, 0.29) is 0 Å². The molecule has 0 saturated heterocycles. The van der Waals surface area contributed by atoms with Crippen LogP contribution in [0.3, 0.4) is 0 Å². The number of hydrogen-bond donors (Lipinski definition) is 0. The molecule has 14 heavy (non-hydrogen) atoms. The highest BCUT2D eigenvalue weighted by Gasteiger charge is 2.03. The van der Waals surface area contributed by atoms with Gasteiger partial charge in [-0.15, -0.1) is 0 Å². The van der Waals surface area contributed by atoms with E-state index in [0.717, 1.165) is 0 Å². The molecule has 70 valence electrons. The molecular weight excluding hydrogens is 170 g/mol. The van der Waals surface area contributed by atoms with E-state index in [2.05, 4.69) is 54.2 Å². The fourth-order valence-corrected chi connectivity index (χ4v) is 1.68. The molecule has 0 N–H and O–H groups in total. The normalized spacial score (nSPS) is 10.1. The lowest BCUT2D eigenvalue weighted by Crippen LogP contribution is -2.26. The third-order valence-electron chi connectivity index (χ3n) is 2.38. The van der Waals surface area contributed by atoms with Crippen molar-refractivity contribution < 1.29 is 4.57 Å². The second kappa shape index (κ2) is 3.62. The molecular formula is C13H14N+. The van der Waals surface area contributed by atoms with Crippen molar-refractivity contribution in [3.05, 3.63) is 54.4 Å². The maximum atomic E-state index is 2.16. The molecule has 0 bridgehead atoms. The molecule has 0 saturated carbocycles. The molecule has 0 aliphatic heterocycles. The summed E-state index contributed by atoms with van der Waals surface area (Å²) in [4.78, 5) is 0. The Balaban J connectivity index is 2.53. The summed E-state index contributed by atoms with van der Waals surface area (Å²) in [7, 11) is 2.04. The Hall–Kier alpha value is -1.63. The standard InChI is InChI=1S/C13H14N/c1-11-10-14(2)9-8-13(11)12-6-4-3-5-7-12/h3-10H,1-2H3/q+1. The van der Waals surface area contributed by atoms with Gasteiger partial charge in [0.1, 0.15) is 7.05 Å². The Morgan fingerprint density at radius 2 is 1.71 bits per heavy atom. The van der Waals surface area contributed by atoms with Gasteiger partial charge < -0.3 is 0 Å². The highest BCUT2D eigenvalue weighted by atomic mass is 14.9.